The number of benzene rings is 1. The van der Waals surface area contributed by atoms with E-state index < -0.39 is 0 Å². The Morgan fingerprint density at radius 3 is 2.62 bits per heavy atom. The van der Waals surface area contributed by atoms with Crippen molar-refractivity contribution in [3.05, 3.63) is 54.6 Å². The molecule has 2 fully saturated rings. The number of hydrogen-bond donors (Lipinski definition) is 2. The summed E-state index contributed by atoms with van der Waals surface area (Å²) in [6, 6.07) is 9.61. The molecule has 1 atom stereocenters. The number of rotatable bonds is 5. The number of carbonyl (C=O) groups is 2. The SMILES string of the molecule is Cc1ccc(NC(=O)N2CC[C@@H](I)C2)cc1-c1cncc(-c2cc(NC(=O)C3CC3)ncn2)c1. The first-order valence-corrected chi connectivity index (χ1v) is 12.6. The summed E-state index contributed by atoms with van der Waals surface area (Å²) in [5, 5.41) is 5.90. The van der Waals surface area contributed by atoms with Gasteiger partial charge in [-0.15, -0.1) is 0 Å². The Balaban J connectivity index is 1.37. The number of nitrogens with one attached hydrogen (secondary N) is 2. The highest BCUT2D eigenvalue weighted by atomic mass is 127. The van der Waals surface area contributed by atoms with Gasteiger partial charge in [-0.05, 0) is 55.5 Å². The molecule has 1 saturated heterocycles. The van der Waals surface area contributed by atoms with Gasteiger partial charge in [0.05, 0.1) is 5.69 Å². The van der Waals surface area contributed by atoms with Crippen LogP contribution >= 0.6 is 22.6 Å². The monoisotopic (exact) mass is 568 g/mol. The van der Waals surface area contributed by atoms with Gasteiger partial charge in [0.1, 0.15) is 12.1 Å². The summed E-state index contributed by atoms with van der Waals surface area (Å²) in [7, 11) is 0. The maximum absolute atomic E-state index is 12.6. The van der Waals surface area contributed by atoms with Crippen LogP contribution in [0.15, 0.2) is 49.1 Å². The molecular weight excluding hydrogens is 543 g/mol. The fraction of sp³-hybridized carbons (Fsp3) is 0.320. The lowest BCUT2D eigenvalue weighted by atomic mass is 9.99. The van der Waals surface area contributed by atoms with Crippen molar-refractivity contribution in [1.29, 1.82) is 0 Å². The van der Waals surface area contributed by atoms with Crippen molar-refractivity contribution in [2.75, 3.05) is 23.7 Å². The summed E-state index contributed by atoms with van der Waals surface area (Å²) < 4.78 is 0.509. The van der Waals surface area contributed by atoms with E-state index in [1.807, 2.05) is 36.1 Å². The summed E-state index contributed by atoms with van der Waals surface area (Å²) in [6.07, 6.45) is 7.89. The zero-order valence-corrected chi connectivity index (χ0v) is 20.9. The van der Waals surface area contributed by atoms with Crippen molar-refractivity contribution in [2.45, 2.75) is 30.1 Å². The number of anilines is 2. The van der Waals surface area contributed by atoms with Gasteiger partial charge in [0.2, 0.25) is 5.91 Å². The van der Waals surface area contributed by atoms with Crippen LogP contribution in [0.5, 0.6) is 0 Å². The van der Waals surface area contributed by atoms with Gasteiger partial charge in [0.15, 0.2) is 0 Å². The predicted molar refractivity (Wildman–Crippen MR) is 140 cm³/mol. The fourth-order valence-corrected chi connectivity index (χ4v) is 4.75. The van der Waals surface area contributed by atoms with Crippen LogP contribution in [0.3, 0.4) is 0 Å². The molecule has 5 rings (SSSR count). The van der Waals surface area contributed by atoms with E-state index in [1.54, 1.807) is 18.5 Å². The molecule has 0 unspecified atom stereocenters. The predicted octanol–water partition coefficient (Wildman–Crippen LogP) is 4.90. The lowest BCUT2D eigenvalue weighted by Crippen LogP contribution is -2.33. The third kappa shape index (κ3) is 5.19. The van der Waals surface area contributed by atoms with Gasteiger partial charge in [-0.3, -0.25) is 9.78 Å². The Morgan fingerprint density at radius 1 is 1.03 bits per heavy atom. The molecule has 1 aliphatic carbocycles. The smallest absolute Gasteiger partial charge is 0.321 e. The molecule has 3 amide bonds. The van der Waals surface area contributed by atoms with E-state index >= 15 is 0 Å². The molecule has 0 bridgehead atoms. The lowest BCUT2D eigenvalue weighted by Gasteiger charge is -2.17. The molecule has 3 aromatic rings. The first-order chi connectivity index (χ1) is 16.5. The van der Waals surface area contributed by atoms with Crippen molar-refractivity contribution in [3.63, 3.8) is 0 Å². The minimum Gasteiger partial charge on any atom is -0.323 e. The maximum Gasteiger partial charge on any atom is 0.321 e. The van der Waals surface area contributed by atoms with Gasteiger partial charge in [0, 0.05) is 58.2 Å². The van der Waals surface area contributed by atoms with Gasteiger partial charge in [-0.2, -0.15) is 0 Å². The number of alkyl halides is 1. The van der Waals surface area contributed by atoms with Crippen LogP contribution in [-0.2, 0) is 4.79 Å². The number of pyridine rings is 1. The number of aryl methyl sites for hydroxylation is 1. The van der Waals surface area contributed by atoms with Crippen molar-refractivity contribution < 1.29 is 9.59 Å². The van der Waals surface area contributed by atoms with Crippen LogP contribution in [-0.4, -0.2) is 48.8 Å². The van der Waals surface area contributed by atoms with Crippen molar-refractivity contribution in [3.8, 4) is 22.4 Å². The molecule has 1 aliphatic heterocycles. The molecule has 2 N–H and O–H groups in total. The lowest BCUT2D eigenvalue weighted by molar-refractivity contribution is -0.117. The largest absolute Gasteiger partial charge is 0.323 e. The second-order valence-corrected chi connectivity index (χ2v) is 10.6. The Kier molecular flexibility index (Phi) is 6.44. The number of urea groups is 1. The topological polar surface area (TPSA) is 100 Å². The number of halogens is 1. The highest BCUT2D eigenvalue weighted by Crippen LogP contribution is 2.31. The average Bonchev–Trinajstić information content (AvgIpc) is 3.61. The molecule has 34 heavy (non-hydrogen) atoms. The second kappa shape index (κ2) is 9.65. The standard InChI is InChI=1S/C25H25IN6O2/c1-15-2-5-20(30-25(34)32-7-6-19(26)13-32)9-21(15)17-8-18(12-27-11-17)22-10-23(29-14-28-22)31-24(33)16-3-4-16/h2,5,8-12,14,16,19H,3-4,6-7,13H2,1H3,(H,30,34)(H,28,29,31,33)/t19-/m1/s1. The van der Waals surface area contributed by atoms with E-state index in [0.717, 1.165) is 60.3 Å². The fourth-order valence-electron chi connectivity index (χ4n) is 4.00. The number of likely N-dealkylation sites (tertiary alicyclic amines) is 1. The summed E-state index contributed by atoms with van der Waals surface area (Å²) in [5.74, 6) is 0.602. The van der Waals surface area contributed by atoms with Crippen LogP contribution in [0, 0.1) is 12.8 Å². The molecule has 0 spiro atoms. The number of hydrogen-bond acceptors (Lipinski definition) is 5. The van der Waals surface area contributed by atoms with E-state index in [1.165, 1.54) is 6.33 Å². The van der Waals surface area contributed by atoms with Crippen LogP contribution < -0.4 is 10.6 Å². The molecular formula is C25H25IN6O2. The number of nitrogens with zero attached hydrogens (tertiary/aromatic N) is 4. The molecule has 1 saturated carbocycles. The van der Waals surface area contributed by atoms with Crippen LogP contribution in [0.25, 0.3) is 22.4 Å². The van der Waals surface area contributed by atoms with Gasteiger partial charge >= 0.3 is 6.03 Å². The Hall–Kier alpha value is -3.08. The van der Waals surface area contributed by atoms with Crippen molar-refractivity contribution in [2.24, 2.45) is 5.92 Å². The number of aromatic nitrogens is 3. The summed E-state index contributed by atoms with van der Waals surface area (Å²) in [6.45, 7) is 3.59. The number of amides is 3. The van der Waals surface area contributed by atoms with Crippen molar-refractivity contribution >= 4 is 46.0 Å². The van der Waals surface area contributed by atoms with E-state index in [-0.39, 0.29) is 17.9 Å². The second-order valence-electron chi connectivity index (χ2n) is 8.81. The molecule has 3 heterocycles. The summed E-state index contributed by atoms with van der Waals surface area (Å²) in [5.41, 5.74) is 5.23. The highest BCUT2D eigenvalue weighted by Gasteiger charge is 2.30. The van der Waals surface area contributed by atoms with Gasteiger partial charge in [0.25, 0.3) is 0 Å². The normalized spacial score (nSPS) is 17.5. The highest BCUT2D eigenvalue weighted by molar-refractivity contribution is 14.1. The van der Waals surface area contributed by atoms with Crippen LogP contribution in [0.4, 0.5) is 16.3 Å². The Morgan fingerprint density at radius 2 is 1.85 bits per heavy atom. The molecule has 2 aliphatic rings. The van der Waals surface area contributed by atoms with E-state index in [0.29, 0.717) is 15.4 Å². The third-order valence-corrected chi connectivity index (χ3v) is 7.14. The molecule has 0 radical (unpaired) electrons. The van der Waals surface area contributed by atoms with E-state index in [9.17, 15) is 9.59 Å². The molecule has 1 aromatic carbocycles. The maximum atomic E-state index is 12.6. The Labute approximate surface area is 211 Å². The molecule has 2 aromatic heterocycles. The van der Waals surface area contributed by atoms with Crippen LogP contribution in [0.1, 0.15) is 24.8 Å². The van der Waals surface area contributed by atoms with Crippen LogP contribution in [0.2, 0.25) is 0 Å². The average molecular weight is 568 g/mol. The summed E-state index contributed by atoms with van der Waals surface area (Å²) >= 11 is 2.39. The van der Waals surface area contributed by atoms with Gasteiger partial charge < -0.3 is 15.5 Å². The zero-order chi connectivity index (χ0) is 23.7. The quantitative estimate of drug-likeness (QED) is 0.337. The Bertz CT molecular complexity index is 1250. The molecule has 9 heteroatoms. The molecule has 174 valence electrons. The first-order valence-electron chi connectivity index (χ1n) is 11.4. The molecule has 8 nitrogen and oxygen atoms in total. The zero-order valence-electron chi connectivity index (χ0n) is 18.8. The van der Waals surface area contributed by atoms with E-state index in [4.69, 9.17) is 0 Å². The minimum absolute atomic E-state index is 0.00829. The van der Waals surface area contributed by atoms with Gasteiger partial charge in [-0.25, -0.2) is 14.8 Å². The summed E-state index contributed by atoms with van der Waals surface area (Å²) in [4.78, 5) is 39.6. The minimum atomic E-state index is -0.0670. The van der Waals surface area contributed by atoms with Gasteiger partial charge in [-0.1, -0.05) is 28.7 Å². The number of carbonyl (C=O) groups excluding carboxylic acids is 2. The third-order valence-electron chi connectivity index (χ3n) is 6.12. The first kappa shape index (κ1) is 22.7. The van der Waals surface area contributed by atoms with Crippen molar-refractivity contribution in [1.82, 2.24) is 19.9 Å². The van der Waals surface area contributed by atoms with E-state index in [2.05, 4.69) is 48.2 Å².